The van der Waals surface area contributed by atoms with E-state index in [0.717, 1.165) is 12.1 Å². The quantitative estimate of drug-likeness (QED) is 0.550. The average Bonchev–Trinajstić information content (AvgIpc) is 2.15. The van der Waals surface area contributed by atoms with Crippen LogP contribution in [0.1, 0.15) is 15.9 Å². The predicted octanol–water partition coefficient (Wildman–Crippen LogP) is 0.198. The zero-order valence-electron chi connectivity index (χ0n) is 7.32. The van der Waals surface area contributed by atoms with E-state index in [1.807, 2.05) is 0 Å². The first-order valence-electron chi connectivity index (χ1n) is 3.89. The maximum atomic E-state index is 12.4. The molecule has 2 N–H and O–H groups in total. The summed E-state index contributed by atoms with van der Waals surface area (Å²) in [7, 11) is -2.33. The first-order valence-corrected chi connectivity index (χ1v) is 3.89. The van der Waals surface area contributed by atoms with Gasteiger partial charge in [0.05, 0.1) is 5.56 Å². The highest BCUT2D eigenvalue weighted by atomic mass is 19.4. The smallest absolute Gasteiger partial charge is 0.423 e. The van der Waals surface area contributed by atoms with Gasteiger partial charge >= 0.3 is 13.3 Å². The van der Waals surface area contributed by atoms with Gasteiger partial charge in [0.1, 0.15) is 6.29 Å². The maximum Gasteiger partial charge on any atom is 0.489 e. The number of alkyl halides is 3. The van der Waals surface area contributed by atoms with Gasteiger partial charge in [-0.1, -0.05) is 18.2 Å². The molecule has 0 aliphatic rings. The van der Waals surface area contributed by atoms with E-state index in [0.29, 0.717) is 6.07 Å². The summed E-state index contributed by atoms with van der Waals surface area (Å²) in [5, 5.41) is 17.6. The lowest BCUT2D eigenvalue weighted by Crippen LogP contribution is -2.38. The van der Waals surface area contributed by atoms with Gasteiger partial charge in [-0.15, -0.1) is 0 Å². The van der Waals surface area contributed by atoms with Gasteiger partial charge in [0, 0.05) is 11.0 Å². The van der Waals surface area contributed by atoms with Crippen LogP contribution in [-0.4, -0.2) is 23.5 Å². The summed E-state index contributed by atoms with van der Waals surface area (Å²) in [4.78, 5) is 10.4. The number of rotatable bonds is 2. The second kappa shape index (κ2) is 4.04. The highest BCUT2D eigenvalue weighted by molar-refractivity contribution is 6.60. The van der Waals surface area contributed by atoms with Crippen molar-refractivity contribution in [3.05, 3.63) is 29.3 Å². The molecule has 0 aromatic heterocycles. The maximum absolute atomic E-state index is 12.4. The van der Waals surface area contributed by atoms with Crippen LogP contribution in [0.3, 0.4) is 0 Å². The SMILES string of the molecule is O=Cc1cccc(C(F)(F)F)c1B(O)O. The molecule has 3 nitrogen and oxygen atoms in total. The lowest BCUT2D eigenvalue weighted by molar-refractivity contribution is -0.136. The monoisotopic (exact) mass is 218 g/mol. The van der Waals surface area contributed by atoms with Crippen molar-refractivity contribution in [1.82, 2.24) is 0 Å². The Balaban J connectivity index is 3.45. The molecular weight excluding hydrogens is 212 g/mol. The molecule has 0 aliphatic heterocycles. The highest BCUT2D eigenvalue weighted by Gasteiger charge is 2.37. The van der Waals surface area contributed by atoms with Gasteiger partial charge < -0.3 is 10.0 Å². The van der Waals surface area contributed by atoms with Gasteiger partial charge in [0.25, 0.3) is 0 Å². The molecule has 0 heterocycles. The molecule has 80 valence electrons. The minimum absolute atomic E-state index is 0.143. The Bertz CT molecular complexity index is 376. The van der Waals surface area contributed by atoms with E-state index in [4.69, 9.17) is 10.0 Å². The molecule has 0 bridgehead atoms. The number of halogens is 3. The van der Waals surface area contributed by atoms with Crippen LogP contribution < -0.4 is 5.46 Å². The van der Waals surface area contributed by atoms with Crippen LogP contribution in [0.4, 0.5) is 13.2 Å². The number of benzene rings is 1. The molecule has 7 heteroatoms. The minimum Gasteiger partial charge on any atom is -0.423 e. The Labute approximate surface area is 83.3 Å². The van der Waals surface area contributed by atoms with Gasteiger partial charge in [-0.3, -0.25) is 4.79 Å². The average molecular weight is 218 g/mol. The van der Waals surface area contributed by atoms with Crippen LogP contribution in [0.2, 0.25) is 0 Å². The molecule has 0 saturated heterocycles. The van der Waals surface area contributed by atoms with Crippen molar-refractivity contribution in [2.45, 2.75) is 6.18 Å². The highest BCUT2D eigenvalue weighted by Crippen LogP contribution is 2.28. The van der Waals surface area contributed by atoms with Gasteiger partial charge in [0.15, 0.2) is 0 Å². The zero-order valence-corrected chi connectivity index (χ0v) is 7.32. The Hall–Kier alpha value is -1.34. The van der Waals surface area contributed by atoms with Crippen LogP contribution in [0.5, 0.6) is 0 Å². The summed E-state index contributed by atoms with van der Waals surface area (Å²) in [6.45, 7) is 0. The van der Waals surface area contributed by atoms with Gasteiger partial charge in [-0.05, 0) is 0 Å². The fourth-order valence-electron chi connectivity index (χ4n) is 1.22. The van der Waals surface area contributed by atoms with Gasteiger partial charge in [0.2, 0.25) is 0 Å². The van der Waals surface area contributed by atoms with E-state index >= 15 is 0 Å². The number of aldehydes is 1. The number of carbonyl (C=O) groups is 1. The van der Waals surface area contributed by atoms with E-state index in [2.05, 4.69) is 0 Å². The Morgan fingerprint density at radius 1 is 1.27 bits per heavy atom. The number of hydrogen-bond donors (Lipinski definition) is 2. The molecule has 15 heavy (non-hydrogen) atoms. The Morgan fingerprint density at radius 3 is 2.27 bits per heavy atom. The lowest BCUT2D eigenvalue weighted by Gasteiger charge is -2.13. The predicted molar refractivity (Wildman–Crippen MR) is 46.7 cm³/mol. The summed E-state index contributed by atoms with van der Waals surface area (Å²) in [5.41, 5.74) is -2.43. The molecule has 0 radical (unpaired) electrons. The fraction of sp³-hybridized carbons (Fsp3) is 0.125. The molecule has 1 aromatic carbocycles. The molecule has 0 spiro atoms. The normalized spacial score (nSPS) is 11.3. The van der Waals surface area contributed by atoms with Crippen molar-refractivity contribution in [3.63, 3.8) is 0 Å². The Kier molecular flexibility index (Phi) is 3.16. The summed E-state index contributed by atoms with van der Waals surface area (Å²) >= 11 is 0. The summed E-state index contributed by atoms with van der Waals surface area (Å²) in [5.74, 6) is 0. The molecule has 0 unspecified atom stereocenters. The van der Waals surface area contributed by atoms with Crippen molar-refractivity contribution in [1.29, 1.82) is 0 Å². The van der Waals surface area contributed by atoms with E-state index < -0.39 is 24.3 Å². The van der Waals surface area contributed by atoms with Crippen LogP contribution in [0, 0.1) is 0 Å². The van der Waals surface area contributed by atoms with Crippen molar-refractivity contribution in [3.8, 4) is 0 Å². The van der Waals surface area contributed by atoms with Crippen LogP contribution in [-0.2, 0) is 6.18 Å². The van der Waals surface area contributed by atoms with Crippen LogP contribution in [0.25, 0.3) is 0 Å². The molecule has 0 amide bonds. The molecule has 0 aliphatic carbocycles. The lowest BCUT2D eigenvalue weighted by atomic mass is 9.74. The third-order valence-corrected chi connectivity index (χ3v) is 1.83. The van der Waals surface area contributed by atoms with Crippen LogP contribution >= 0.6 is 0 Å². The third kappa shape index (κ3) is 2.37. The summed E-state index contributed by atoms with van der Waals surface area (Å²) in [6, 6.07) is 2.79. The van der Waals surface area contributed by atoms with Gasteiger partial charge in [-0.2, -0.15) is 13.2 Å². The first kappa shape index (κ1) is 11.7. The first-order chi connectivity index (χ1) is 6.88. The van der Waals surface area contributed by atoms with E-state index in [-0.39, 0.29) is 11.8 Å². The standard InChI is InChI=1S/C8H6BF3O3/c10-8(11,12)6-3-1-2-5(4-13)7(6)9(14)15/h1-4,14-15H. The number of carbonyl (C=O) groups excluding carboxylic acids is 1. The van der Waals surface area contributed by atoms with Crippen molar-refractivity contribution in [2.24, 2.45) is 0 Å². The summed E-state index contributed by atoms with van der Waals surface area (Å²) in [6.07, 6.45) is -4.58. The largest absolute Gasteiger partial charge is 0.489 e. The molecule has 0 fully saturated rings. The Morgan fingerprint density at radius 2 is 1.87 bits per heavy atom. The van der Waals surface area contributed by atoms with Crippen LogP contribution in [0.15, 0.2) is 18.2 Å². The number of hydrogen-bond acceptors (Lipinski definition) is 3. The third-order valence-electron chi connectivity index (χ3n) is 1.83. The van der Waals surface area contributed by atoms with Crippen molar-refractivity contribution >= 4 is 18.9 Å². The van der Waals surface area contributed by atoms with E-state index in [1.54, 1.807) is 0 Å². The second-order valence-corrected chi connectivity index (χ2v) is 2.80. The summed E-state index contributed by atoms with van der Waals surface area (Å²) < 4.78 is 37.2. The molecular formula is C8H6BF3O3. The van der Waals surface area contributed by atoms with Gasteiger partial charge in [-0.25, -0.2) is 0 Å². The molecule has 0 saturated carbocycles. The minimum atomic E-state index is -4.72. The van der Waals surface area contributed by atoms with E-state index in [1.165, 1.54) is 0 Å². The molecule has 0 atom stereocenters. The second-order valence-electron chi connectivity index (χ2n) is 2.80. The molecule has 1 aromatic rings. The molecule has 1 rings (SSSR count). The fourth-order valence-corrected chi connectivity index (χ4v) is 1.22. The van der Waals surface area contributed by atoms with Crippen molar-refractivity contribution < 1.29 is 28.0 Å². The van der Waals surface area contributed by atoms with Crippen molar-refractivity contribution in [2.75, 3.05) is 0 Å². The zero-order chi connectivity index (χ0) is 11.6. The van der Waals surface area contributed by atoms with E-state index in [9.17, 15) is 18.0 Å². The topological polar surface area (TPSA) is 57.5 Å².